The summed E-state index contributed by atoms with van der Waals surface area (Å²) in [7, 11) is 1.63. The maximum Gasteiger partial charge on any atom is 0.161 e. The number of carbonyl (C=O) groups excluding carboxylic acids is 1. The van der Waals surface area contributed by atoms with Crippen molar-refractivity contribution in [2.45, 2.75) is 6.92 Å². The minimum atomic E-state index is -0.0455. The largest absolute Gasteiger partial charge is 0.497 e. The Labute approximate surface area is 112 Å². The minimum absolute atomic E-state index is 0.0455. The topological polar surface area (TPSA) is 64.3 Å². The van der Waals surface area contributed by atoms with Crippen LogP contribution in [0.4, 0.5) is 17.1 Å². The van der Waals surface area contributed by atoms with Gasteiger partial charge in [0, 0.05) is 22.6 Å². The molecule has 0 fully saturated rings. The molecule has 0 saturated carbocycles. The average molecular weight is 256 g/mol. The number of hydrogen-bond acceptors (Lipinski definition) is 4. The van der Waals surface area contributed by atoms with Crippen molar-refractivity contribution >= 4 is 22.8 Å². The molecule has 4 heteroatoms. The van der Waals surface area contributed by atoms with Crippen molar-refractivity contribution < 1.29 is 9.53 Å². The average Bonchev–Trinajstić information content (AvgIpc) is 2.41. The van der Waals surface area contributed by atoms with Crippen molar-refractivity contribution in [3.63, 3.8) is 0 Å². The lowest BCUT2D eigenvalue weighted by molar-refractivity contribution is 0.101. The third-order valence-electron chi connectivity index (χ3n) is 2.81. The van der Waals surface area contributed by atoms with Crippen molar-refractivity contribution in [2.75, 3.05) is 18.2 Å². The van der Waals surface area contributed by atoms with E-state index in [0.29, 0.717) is 11.3 Å². The van der Waals surface area contributed by atoms with E-state index in [0.717, 1.165) is 17.1 Å². The highest BCUT2D eigenvalue weighted by atomic mass is 16.5. The van der Waals surface area contributed by atoms with E-state index < -0.39 is 0 Å². The Hall–Kier alpha value is -2.49. The fourth-order valence-electron chi connectivity index (χ4n) is 1.78. The molecule has 2 rings (SSSR count). The van der Waals surface area contributed by atoms with E-state index in [-0.39, 0.29) is 5.78 Å². The molecular weight excluding hydrogens is 240 g/mol. The number of anilines is 3. The van der Waals surface area contributed by atoms with Gasteiger partial charge in [0.15, 0.2) is 5.78 Å². The van der Waals surface area contributed by atoms with E-state index in [4.69, 9.17) is 10.5 Å². The third-order valence-corrected chi connectivity index (χ3v) is 2.81. The molecule has 0 atom stereocenters. The zero-order chi connectivity index (χ0) is 13.8. The minimum Gasteiger partial charge on any atom is -0.497 e. The highest BCUT2D eigenvalue weighted by Gasteiger charge is 2.06. The highest BCUT2D eigenvalue weighted by molar-refractivity contribution is 6.00. The maximum absolute atomic E-state index is 11.4. The lowest BCUT2D eigenvalue weighted by Crippen LogP contribution is -2.01. The summed E-state index contributed by atoms with van der Waals surface area (Å²) in [5.41, 5.74) is 8.52. The van der Waals surface area contributed by atoms with Crippen LogP contribution < -0.4 is 15.8 Å². The molecule has 3 N–H and O–H groups in total. The molecule has 0 radical (unpaired) electrons. The van der Waals surface area contributed by atoms with Crippen molar-refractivity contribution in [3.8, 4) is 5.75 Å². The van der Waals surface area contributed by atoms with Crippen molar-refractivity contribution in [2.24, 2.45) is 0 Å². The van der Waals surface area contributed by atoms with Crippen LogP contribution in [0.1, 0.15) is 17.3 Å². The first kappa shape index (κ1) is 13.0. The first-order valence-electron chi connectivity index (χ1n) is 5.91. The number of nitrogens with one attached hydrogen (secondary N) is 1. The Morgan fingerprint density at radius 2 is 1.74 bits per heavy atom. The molecule has 0 aliphatic rings. The van der Waals surface area contributed by atoms with Crippen molar-refractivity contribution in [1.29, 1.82) is 0 Å². The quantitative estimate of drug-likeness (QED) is 0.651. The van der Waals surface area contributed by atoms with Crippen LogP contribution in [0, 0.1) is 0 Å². The van der Waals surface area contributed by atoms with Gasteiger partial charge in [-0.1, -0.05) is 0 Å². The van der Waals surface area contributed by atoms with E-state index in [1.807, 2.05) is 30.3 Å². The molecule has 0 bridgehead atoms. The van der Waals surface area contributed by atoms with E-state index in [9.17, 15) is 4.79 Å². The smallest absolute Gasteiger partial charge is 0.161 e. The number of carbonyl (C=O) groups is 1. The molecule has 4 nitrogen and oxygen atoms in total. The van der Waals surface area contributed by atoms with Crippen LogP contribution in [0.15, 0.2) is 42.5 Å². The van der Waals surface area contributed by atoms with Gasteiger partial charge in [-0.3, -0.25) is 4.79 Å². The molecular formula is C15H16N2O2. The van der Waals surface area contributed by atoms with Gasteiger partial charge in [-0.2, -0.15) is 0 Å². The molecule has 0 heterocycles. The van der Waals surface area contributed by atoms with Gasteiger partial charge in [0.1, 0.15) is 5.75 Å². The summed E-state index contributed by atoms with van der Waals surface area (Å²) in [6.45, 7) is 1.50. The summed E-state index contributed by atoms with van der Waals surface area (Å²) >= 11 is 0. The second kappa shape index (κ2) is 5.44. The molecule has 0 aliphatic carbocycles. The number of rotatable bonds is 4. The first-order valence-corrected chi connectivity index (χ1v) is 5.91. The highest BCUT2D eigenvalue weighted by Crippen LogP contribution is 2.23. The zero-order valence-electron chi connectivity index (χ0n) is 10.9. The van der Waals surface area contributed by atoms with E-state index in [1.165, 1.54) is 6.92 Å². The molecule has 0 spiro atoms. The fourth-order valence-corrected chi connectivity index (χ4v) is 1.78. The Balaban J connectivity index is 2.22. The van der Waals surface area contributed by atoms with Gasteiger partial charge in [0.05, 0.1) is 7.11 Å². The van der Waals surface area contributed by atoms with Crippen LogP contribution in [-0.4, -0.2) is 12.9 Å². The van der Waals surface area contributed by atoms with E-state index in [1.54, 1.807) is 19.2 Å². The lowest BCUT2D eigenvalue weighted by atomic mass is 10.1. The number of nitrogens with two attached hydrogens (primary N) is 1. The van der Waals surface area contributed by atoms with Gasteiger partial charge < -0.3 is 15.8 Å². The zero-order valence-corrected chi connectivity index (χ0v) is 10.9. The molecule has 0 amide bonds. The molecule has 98 valence electrons. The molecule has 0 aliphatic heterocycles. The molecule has 2 aromatic carbocycles. The molecule has 2 aromatic rings. The Bertz CT molecular complexity index is 592. The fraction of sp³-hybridized carbons (Fsp3) is 0.133. The standard InChI is InChI=1S/C15H16N2O2/c1-10(18)14-9-12(5-8-15(14)16)17-11-3-6-13(19-2)7-4-11/h3-9,17H,16H2,1-2H3. The van der Waals surface area contributed by atoms with Gasteiger partial charge >= 0.3 is 0 Å². The third kappa shape index (κ3) is 3.04. The predicted octanol–water partition coefficient (Wildman–Crippen LogP) is 3.22. The van der Waals surface area contributed by atoms with Crippen LogP contribution in [0.2, 0.25) is 0 Å². The molecule has 19 heavy (non-hydrogen) atoms. The number of ether oxygens (including phenoxy) is 1. The second-order valence-electron chi connectivity index (χ2n) is 4.21. The monoisotopic (exact) mass is 256 g/mol. The lowest BCUT2D eigenvalue weighted by Gasteiger charge is -2.09. The summed E-state index contributed by atoms with van der Waals surface area (Å²) < 4.78 is 5.10. The van der Waals surface area contributed by atoms with Crippen LogP contribution >= 0.6 is 0 Å². The summed E-state index contributed by atoms with van der Waals surface area (Å²) in [6, 6.07) is 12.9. The SMILES string of the molecule is COc1ccc(Nc2ccc(N)c(C(C)=O)c2)cc1. The van der Waals surface area contributed by atoms with Crippen molar-refractivity contribution in [3.05, 3.63) is 48.0 Å². The van der Waals surface area contributed by atoms with E-state index >= 15 is 0 Å². The Morgan fingerprint density at radius 1 is 1.11 bits per heavy atom. The summed E-state index contributed by atoms with van der Waals surface area (Å²) in [5, 5.41) is 3.21. The number of methoxy groups -OCH3 is 1. The normalized spacial score (nSPS) is 10.0. The van der Waals surface area contributed by atoms with Crippen LogP contribution in [0.3, 0.4) is 0 Å². The van der Waals surface area contributed by atoms with Gasteiger partial charge in [-0.15, -0.1) is 0 Å². The molecule has 0 saturated heterocycles. The van der Waals surface area contributed by atoms with Crippen LogP contribution in [-0.2, 0) is 0 Å². The summed E-state index contributed by atoms with van der Waals surface area (Å²) in [4.78, 5) is 11.4. The van der Waals surface area contributed by atoms with Crippen molar-refractivity contribution in [1.82, 2.24) is 0 Å². The molecule has 0 unspecified atom stereocenters. The van der Waals surface area contributed by atoms with Crippen LogP contribution in [0.5, 0.6) is 5.75 Å². The molecule has 0 aromatic heterocycles. The number of ketones is 1. The number of Topliss-reactive ketones (excluding diaryl/α,β-unsaturated/α-hetero) is 1. The van der Waals surface area contributed by atoms with Gasteiger partial charge in [0.25, 0.3) is 0 Å². The number of benzene rings is 2. The van der Waals surface area contributed by atoms with Gasteiger partial charge in [-0.05, 0) is 49.4 Å². The van der Waals surface area contributed by atoms with Crippen LogP contribution in [0.25, 0.3) is 0 Å². The first-order chi connectivity index (χ1) is 9.10. The maximum atomic E-state index is 11.4. The number of hydrogen-bond donors (Lipinski definition) is 2. The Morgan fingerprint density at radius 3 is 2.32 bits per heavy atom. The van der Waals surface area contributed by atoms with E-state index in [2.05, 4.69) is 5.32 Å². The van der Waals surface area contributed by atoms with Gasteiger partial charge in [-0.25, -0.2) is 0 Å². The second-order valence-corrected chi connectivity index (χ2v) is 4.21. The Kier molecular flexibility index (Phi) is 3.71. The predicted molar refractivity (Wildman–Crippen MR) is 77.1 cm³/mol. The summed E-state index contributed by atoms with van der Waals surface area (Å²) in [5.74, 6) is 0.753. The number of nitrogen functional groups attached to an aromatic ring is 1. The van der Waals surface area contributed by atoms with Gasteiger partial charge in [0.2, 0.25) is 0 Å². The summed E-state index contributed by atoms with van der Waals surface area (Å²) in [6.07, 6.45) is 0.